The zero-order chi connectivity index (χ0) is 15.2. The Hall–Kier alpha value is -1.81. The van der Waals surface area contributed by atoms with Crippen LogP contribution in [0.15, 0.2) is 24.3 Å². The van der Waals surface area contributed by atoms with Crippen molar-refractivity contribution in [3.8, 4) is 5.75 Å². The molecule has 114 valence electrons. The summed E-state index contributed by atoms with van der Waals surface area (Å²) < 4.78 is 7.88. The van der Waals surface area contributed by atoms with Gasteiger partial charge in [-0.2, -0.15) is 5.10 Å². The van der Waals surface area contributed by atoms with Crippen LogP contribution in [0.1, 0.15) is 29.4 Å². The monoisotopic (exact) mass is 287 g/mol. The van der Waals surface area contributed by atoms with Crippen LogP contribution in [-0.2, 0) is 20.1 Å². The van der Waals surface area contributed by atoms with E-state index < -0.39 is 0 Å². The second kappa shape index (κ2) is 7.27. The molecule has 2 aromatic rings. The molecule has 0 bridgehead atoms. The predicted molar refractivity (Wildman–Crippen MR) is 85.7 cm³/mol. The van der Waals surface area contributed by atoms with Gasteiger partial charge in [-0.3, -0.25) is 4.68 Å². The first-order valence-electron chi connectivity index (χ1n) is 7.54. The Morgan fingerprint density at radius 3 is 2.52 bits per heavy atom. The Kier molecular flexibility index (Phi) is 5.39. The number of hydrogen-bond acceptors (Lipinski definition) is 3. The lowest BCUT2D eigenvalue weighted by Gasteiger charge is -2.11. The van der Waals surface area contributed by atoms with Crippen LogP contribution < -0.4 is 10.1 Å². The van der Waals surface area contributed by atoms with Gasteiger partial charge in [0.1, 0.15) is 12.3 Å². The van der Waals surface area contributed by atoms with Crippen molar-refractivity contribution in [3.63, 3.8) is 0 Å². The maximum Gasteiger partial charge on any atom is 0.163 e. The van der Waals surface area contributed by atoms with E-state index in [0.29, 0.717) is 6.61 Å². The number of hydrogen-bond donors (Lipinski definition) is 1. The maximum absolute atomic E-state index is 6.02. The zero-order valence-electron chi connectivity index (χ0n) is 13.4. The molecule has 1 heterocycles. The topological polar surface area (TPSA) is 39.1 Å². The largest absolute Gasteiger partial charge is 0.485 e. The van der Waals surface area contributed by atoms with Crippen LogP contribution in [-0.4, -0.2) is 22.9 Å². The Morgan fingerprint density at radius 2 is 1.90 bits per heavy atom. The van der Waals surface area contributed by atoms with Crippen LogP contribution in [0, 0.1) is 13.8 Å². The van der Waals surface area contributed by atoms with Crippen LogP contribution in [0.3, 0.4) is 0 Å². The summed E-state index contributed by atoms with van der Waals surface area (Å²) in [6.45, 7) is 8.75. The molecule has 0 radical (unpaired) electrons. The summed E-state index contributed by atoms with van der Waals surface area (Å²) in [6, 6.07) is 8.48. The van der Waals surface area contributed by atoms with Crippen molar-refractivity contribution < 1.29 is 4.74 Å². The third kappa shape index (κ3) is 3.85. The van der Waals surface area contributed by atoms with Crippen molar-refractivity contribution in [1.29, 1.82) is 0 Å². The summed E-state index contributed by atoms with van der Waals surface area (Å²) in [7, 11) is 1.94. The van der Waals surface area contributed by atoms with Gasteiger partial charge in [-0.25, -0.2) is 0 Å². The lowest BCUT2D eigenvalue weighted by atomic mass is 10.1. The van der Waals surface area contributed by atoms with E-state index in [2.05, 4.69) is 41.6 Å². The molecule has 0 atom stereocenters. The lowest BCUT2D eigenvalue weighted by Crippen LogP contribution is -2.17. The average Bonchev–Trinajstić information content (AvgIpc) is 2.72. The van der Waals surface area contributed by atoms with Crippen LogP contribution in [0.25, 0.3) is 0 Å². The van der Waals surface area contributed by atoms with Gasteiger partial charge in [0.25, 0.3) is 0 Å². The predicted octanol–water partition coefficient (Wildman–Crippen LogP) is 2.77. The molecular formula is C17H25N3O. The van der Waals surface area contributed by atoms with Gasteiger partial charge >= 0.3 is 0 Å². The van der Waals surface area contributed by atoms with E-state index in [4.69, 9.17) is 4.74 Å². The fourth-order valence-electron chi connectivity index (χ4n) is 2.46. The highest BCUT2D eigenvalue weighted by Crippen LogP contribution is 2.23. The minimum absolute atomic E-state index is 0.593. The molecule has 0 amide bonds. The molecule has 0 aliphatic rings. The Labute approximate surface area is 127 Å². The Bertz CT molecular complexity index is 590. The summed E-state index contributed by atoms with van der Waals surface area (Å²) in [5.74, 6) is 0.902. The van der Waals surface area contributed by atoms with Gasteiger partial charge in [0.2, 0.25) is 0 Å². The fourth-order valence-corrected chi connectivity index (χ4v) is 2.46. The minimum Gasteiger partial charge on any atom is -0.485 e. The number of nitrogens with zero attached hydrogens (tertiary/aromatic N) is 2. The molecule has 1 aromatic carbocycles. The van der Waals surface area contributed by atoms with E-state index in [1.54, 1.807) is 0 Å². The highest BCUT2D eigenvalue weighted by Gasteiger charge is 2.11. The van der Waals surface area contributed by atoms with E-state index >= 15 is 0 Å². The fraction of sp³-hybridized carbons (Fsp3) is 0.471. The molecule has 0 saturated carbocycles. The highest BCUT2D eigenvalue weighted by atomic mass is 16.5. The summed E-state index contributed by atoms with van der Waals surface area (Å²) in [4.78, 5) is 0. The molecule has 0 aliphatic heterocycles. The first-order chi connectivity index (χ1) is 10.1. The van der Waals surface area contributed by atoms with E-state index in [1.165, 1.54) is 11.1 Å². The third-order valence-electron chi connectivity index (χ3n) is 3.75. The summed E-state index contributed by atoms with van der Waals surface area (Å²) in [5, 5.41) is 7.75. The van der Waals surface area contributed by atoms with Crippen molar-refractivity contribution in [2.24, 2.45) is 7.05 Å². The first-order valence-corrected chi connectivity index (χ1v) is 7.54. The molecule has 1 aromatic heterocycles. The van der Waals surface area contributed by atoms with Crippen molar-refractivity contribution in [2.45, 2.75) is 33.8 Å². The second-order valence-corrected chi connectivity index (χ2v) is 5.28. The maximum atomic E-state index is 6.02. The number of ether oxygens (including phenoxy) is 1. The van der Waals surface area contributed by atoms with Crippen LogP contribution in [0.5, 0.6) is 5.75 Å². The average molecular weight is 287 g/mol. The number of aryl methyl sites for hydroxylation is 2. The van der Waals surface area contributed by atoms with Gasteiger partial charge in [0.15, 0.2) is 5.75 Å². The van der Waals surface area contributed by atoms with Gasteiger partial charge in [-0.15, -0.1) is 0 Å². The normalized spacial score (nSPS) is 10.9. The van der Waals surface area contributed by atoms with Crippen LogP contribution in [0.4, 0.5) is 0 Å². The standard InChI is InChI=1S/C17H25N3O/c1-5-18-11-10-15-8-6-7-9-16(15)12-21-17-13(2)19-20(4)14(17)3/h6-9,18H,5,10-12H2,1-4H3. The molecule has 0 saturated heterocycles. The van der Waals surface area contributed by atoms with E-state index in [0.717, 1.165) is 36.6 Å². The van der Waals surface area contributed by atoms with Crippen molar-refractivity contribution >= 4 is 0 Å². The molecule has 4 heteroatoms. The van der Waals surface area contributed by atoms with Gasteiger partial charge in [0.05, 0.1) is 5.69 Å². The van der Waals surface area contributed by atoms with E-state index in [9.17, 15) is 0 Å². The molecule has 4 nitrogen and oxygen atoms in total. The molecule has 21 heavy (non-hydrogen) atoms. The van der Waals surface area contributed by atoms with Crippen molar-refractivity contribution in [2.75, 3.05) is 13.1 Å². The van der Waals surface area contributed by atoms with Crippen LogP contribution in [0.2, 0.25) is 0 Å². The number of aromatic nitrogens is 2. The highest BCUT2D eigenvalue weighted by molar-refractivity contribution is 5.33. The number of likely N-dealkylation sites (N-methyl/N-ethyl adjacent to an activating group) is 1. The van der Waals surface area contributed by atoms with Crippen molar-refractivity contribution in [1.82, 2.24) is 15.1 Å². The number of rotatable bonds is 7. The molecule has 1 N–H and O–H groups in total. The third-order valence-corrected chi connectivity index (χ3v) is 3.75. The van der Waals surface area contributed by atoms with Gasteiger partial charge < -0.3 is 10.1 Å². The Morgan fingerprint density at radius 1 is 1.19 bits per heavy atom. The van der Waals surface area contributed by atoms with Crippen LogP contribution >= 0.6 is 0 Å². The number of nitrogens with one attached hydrogen (secondary N) is 1. The lowest BCUT2D eigenvalue weighted by molar-refractivity contribution is 0.300. The van der Waals surface area contributed by atoms with Gasteiger partial charge in [-0.1, -0.05) is 31.2 Å². The quantitative estimate of drug-likeness (QED) is 0.796. The molecule has 0 aliphatic carbocycles. The summed E-state index contributed by atoms with van der Waals surface area (Å²) in [5.41, 5.74) is 4.61. The Balaban J connectivity index is 2.06. The smallest absolute Gasteiger partial charge is 0.163 e. The van der Waals surface area contributed by atoms with Crippen molar-refractivity contribution in [3.05, 3.63) is 46.8 Å². The SMILES string of the molecule is CCNCCc1ccccc1COc1c(C)nn(C)c1C. The molecular weight excluding hydrogens is 262 g/mol. The second-order valence-electron chi connectivity index (χ2n) is 5.28. The van der Waals surface area contributed by atoms with Gasteiger partial charge in [-0.05, 0) is 44.5 Å². The first kappa shape index (κ1) is 15.6. The van der Waals surface area contributed by atoms with Gasteiger partial charge in [0, 0.05) is 7.05 Å². The minimum atomic E-state index is 0.593. The van der Waals surface area contributed by atoms with E-state index in [1.807, 2.05) is 25.6 Å². The number of benzene rings is 1. The molecule has 0 unspecified atom stereocenters. The zero-order valence-corrected chi connectivity index (χ0v) is 13.4. The molecule has 0 fully saturated rings. The van der Waals surface area contributed by atoms with E-state index in [-0.39, 0.29) is 0 Å². The molecule has 2 rings (SSSR count). The molecule has 0 spiro atoms. The summed E-state index contributed by atoms with van der Waals surface area (Å²) >= 11 is 0. The summed E-state index contributed by atoms with van der Waals surface area (Å²) in [6.07, 6.45) is 1.03.